The summed E-state index contributed by atoms with van der Waals surface area (Å²) in [5, 5.41) is 14.1. The average Bonchev–Trinajstić information content (AvgIpc) is 2.84. The second kappa shape index (κ2) is 6.21. The fourth-order valence-corrected chi connectivity index (χ4v) is 3.94. The van der Waals surface area contributed by atoms with Crippen molar-refractivity contribution in [2.45, 2.75) is 25.4 Å². The number of piperidine rings is 1. The minimum Gasteiger partial charge on any atom is -0.477 e. The van der Waals surface area contributed by atoms with Crippen LogP contribution in [0.4, 0.5) is 0 Å². The fourth-order valence-electron chi connectivity index (χ4n) is 2.31. The molecule has 0 aromatic carbocycles. The summed E-state index contributed by atoms with van der Waals surface area (Å²) in [5.41, 5.74) is 0.785. The van der Waals surface area contributed by atoms with Crippen LogP contribution in [0.2, 0.25) is 0 Å². The normalized spacial score (nSPS) is 18.2. The lowest BCUT2D eigenvalue weighted by atomic mass is 10.1. The Morgan fingerprint density at radius 1 is 1.50 bits per heavy atom. The van der Waals surface area contributed by atoms with E-state index in [1.807, 2.05) is 6.07 Å². The summed E-state index contributed by atoms with van der Waals surface area (Å²) in [6, 6.07) is 2.04. The van der Waals surface area contributed by atoms with Crippen LogP contribution in [0.3, 0.4) is 0 Å². The summed E-state index contributed by atoms with van der Waals surface area (Å²) >= 11 is 1.22. The van der Waals surface area contributed by atoms with Crippen molar-refractivity contribution in [2.75, 3.05) is 19.3 Å². The first-order chi connectivity index (χ1) is 9.38. The molecule has 1 fully saturated rings. The number of carboxylic acid groups (broad SMARTS) is 1. The Bertz CT molecular complexity index is 574. The molecule has 1 saturated heterocycles. The van der Waals surface area contributed by atoms with Gasteiger partial charge in [0.2, 0.25) is 10.0 Å². The van der Waals surface area contributed by atoms with Crippen LogP contribution >= 0.6 is 11.3 Å². The van der Waals surface area contributed by atoms with E-state index in [1.54, 1.807) is 5.38 Å². The molecular formula is C12H18N2O4S2. The van der Waals surface area contributed by atoms with Gasteiger partial charge in [0.15, 0.2) is 0 Å². The van der Waals surface area contributed by atoms with Crippen LogP contribution in [0.25, 0.3) is 0 Å². The molecule has 0 radical (unpaired) electrons. The third-order valence-electron chi connectivity index (χ3n) is 3.45. The highest BCUT2D eigenvalue weighted by atomic mass is 32.2. The Balaban J connectivity index is 1.85. The summed E-state index contributed by atoms with van der Waals surface area (Å²) in [5.74, 6) is -0.899. The van der Waals surface area contributed by atoms with Gasteiger partial charge in [-0.1, -0.05) is 0 Å². The van der Waals surface area contributed by atoms with Crippen LogP contribution in [0.5, 0.6) is 0 Å². The molecule has 2 heterocycles. The van der Waals surface area contributed by atoms with Crippen molar-refractivity contribution < 1.29 is 18.3 Å². The van der Waals surface area contributed by atoms with Gasteiger partial charge in [-0.05, 0) is 29.9 Å². The Kier molecular flexibility index (Phi) is 4.79. The largest absolute Gasteiger partial charge is 0.477 e. The third kappa shape index (κ3) is 3.78. The molecule has 1 aromatic heterocycles. The number of hydrogen-bond donors (Lipinski definition) is 2. The molecule has 0 saturated carbocycles. The Hall–Kier alpha value is -0.960. The first-order valence-corrected chi connectivity index (χ1v) is 9.09. The molecule has 0 aliphatic carbocycles. The number of carbonyl (C=O) groups is 1. The highest BCUT2D eigenvalue weighted by Crippen LogP contribution is 2.18. The molecule has 0 atom stereocenters. The van der Waals surface area contributed by atoms with Crippen molar-refractivity contribution in [2.24, 2.45) is 0 Å². The van der Waals surface area contributed by atoms with E-state index in [4.69, 9.17) is 5.11 Å². The van der Waals surface area contributed by atoms with Crippen molar-refractivity contribution in [1.29, 1.82) is 0 Å². The number of sulfonamides is 1. The van der Waals surface area contributed by atoms with E-state index in [9.17, 15) is 13.2 Å². The molecule has 0 unspecified atom stereocenters. The zero-order chi connectivity index (χ0) is 14.8. The number of carboxylic acids is 1. The van der Waals surface area contributed by atoms with Gasteiger partial charge < -0.3 is 10.4 Å². The molecule has 112 valence electrons. The van der Waals surface area contributed by atoms with Gasteiger partial charge in [0.05, 0.1) is 6.26 Å². The van der Waals surface area contributed by atoms with Gasteiger partial charge in [-0.15, -0.1) is 11.3 Å². The number of hydrogen-bond acceptors (Lipinski definition) is 5. The molecule has 6 nitrogen and oxygen atoms in total. The number of aromatic carboxylic acids is 1. The minimum absolute atomic E-state index is 0.231. The molecule has 2 rings (SSSR count). The van der Waals surface area contributed by atoms with Crippen LogP contribution in [-0.2, 0) is 16.6 Å². The first-order valence-electron chi connectivity index (χ1n) is 6.36. The van der Waals surface area contributed by atoms with E-state index in [0.29, 0.717) is 24.5 Å². The van der Waals surface area contributed by atoms with Gasteiger partial charge in [-0.2, -0.15) is 0 Å². The van der Waals surface area contributed by atoms with Crippen LogP contribution in [0.1, 0.15) is 28.1 Å². The predicted octanol–water partition coefficient (Wildman–Crippen LogP) is 0.960. The summed E-state index contributed by atoms with van der Waals surface area (Å²) in [6.07, 6.45) is 2.73. The van der Waals surface area contributed by atoms with Gasteiger partial charge in [0.25, 0.3) is 0 Å². The van der Waals surface area contributed by atoms with E-state index in [1.165, 1.54) is 21.9 Å². The van der Waals surface area contributed by atoms with Crippen LogP contribution in [-0.4, -0.2) is 49.2 Å². The molecule has 1 aromatic rings. The number of rotatable bonds is 5. The maximum absolute atomic E-state index is 11.4. The topological polar surface area (TPSA) is 86.7 Å². The first kappa shape index (κ1) is 15.4. The average molecular weight is 318 g/mol. The lowest BCUT2D eigenvalue weighted by molar-refractivity contribution is 0.0701. The molecule has 1 aliphatic rings. The van der Waals surface area contributed by atoms with E-state index in [-0.39, 0.29) is 6.04 Å². The van der Waals surface area contributed by atoms with Gasteiger partial charge >= 0.3 is 5.97 Å². The smallest absolute Gasteiger partial charge is 0.346 e. The molecule has 0 spiro atoms. The number of nitrogens with one attached hydrogen (secondary N) is 1. The van der Waals surface area contributed by atoms with Crippen LogP contribution < -0.4 is 5.32 Å². The summed E-state index contributed by atoms with van der Waals surface area (Å²) in [4.78, 5) is 11.4. The van der Waals surface area contributed by atoms with Crippen LogP contribution in [0.15, 0.2) is 11.4 Å². The Morgan fingerprint density at radius 3 is 2.70 bits per heavy atom. The second-order valence-corrected chi connectivity index (χ2v) is 7.80. The van der Waals surface area contributed by atoms with Gasteiger partial charge in [-0.3, -0.25) is 0 Å². The Labute approximate surface area is 122 Å². The predicted molar refractivity (Wildman–Crippen MR) is 77.6 cm³/mol. The minimum atomic E-state index is -3.10. The molecule has 0 amide bonds. The highest BCUT2D eigenvalue weighted by Gasteiger charge is 2.24. The van der Waals surface area contributed by atoms with Crippen molar-refractivity contribution in [3.63, 3.8) is 0 Å². The molecule has 2 N–H and O–H groups in total. The van der Waals surface area contributed by atoms with E-state index >= 15 is 0 Å². The lowest BCUT2D eigenvalue weighted by Gasteiger charge is -2.30. The van der Waals surface area contributed by atoms with Gasteiger partial charge in [0, 0.05) is 25.7 Å². The maximum Gasteiger partial charge on any atom is 0.346 e. The molecule has 20 heavy (non-hydrogen) atoms. The van der Waals surface area contributed by atoms with E-state index in [2.05, 4.69) is 5.32 Å². The summed E-state index contributed by atoms with van der Waals surface area (Å²) in [6.45, 7) is 1.55. The highest BCUT2D eigenvalue weighted by molar-refractivity contribution is 7.88. The van der Waals surface area contributed by atoms with Crippen molar-refractivity contribution >= 4 is 27.3 Å². The standard InChI is InChI=1S/C12H18N2O4S2/c1-20(17,18)14-5-2-10(3-6-14)13-8-9-4-7-19-11(9)12(15)16/h4,7,10,13H,2-3,5-6,8H2,1H3,(H,15,16). The van der Waals surface area contributed by atoms with Gasteiger partial charge in [-0.25, -0.2) is 17.5 Å². The number of thiophene rings is 1. The van der Waals surface area contributed by atoms with Crippen molar-refractivity contribution in [3.8, 4) is 0 Å². The maximum atomic E-state index is 11.4. The van der Waals surface area contributed by atoms with Crippen LogP contribution in [0, 0.1) is 0 Å². The van der Waals surface area contributed by atoms with Crippen molar-refractivity contribution in [1.82, 2.24) is 9.62 Å². The molecule has 8 heteroatoms. The van der Waals surface area contributed by atoms with Gasteiger partial charge in [0.1, 0.15) is 4.88 Å². The molecular weight excluding hydrogens is 300 g/mol. The zero-order valence-electron chi connectivity index (χ0n) is 11.2. The lowest BCUT2D eigenvalue weighted by Crippen LogP contribution is -2.44. The fraction of sp³-hybridized carbons (Fsp3) is 0.583. The second-order valence-electron chi connectivity index (χ2n) is 4.90. The SMILES string of the molecule is CS(=O)(=O)N1CCC(NCc2ccsc2C(=O)O)CC1. The van der Waals surface area contributed by atoms with E-state index < -0.39 is 16.0 Å². The molecule has 0 bridgehead atoms. The number of nitrogens with zero attached hydrogens (tertiary/aromatic N) is 1. The third-order valence-corrected chi connectivity index (χ3v) is 5.69. The quantitative estimate of drug-likeness (QED) is 0.844. The summed E-state index contributed by atoms with van der Waals surface area (Å²) < 4.78 is 24.3. The summed E-state index contributed by atoms with van der Waals surface area (Å²) in [7, 11) is -3.10. The Morgan fingerprint density at radius 2 is 2.15 bits per heavy atom. The monoisotopic (exact) mass is 318 g/mol. The van der Waals surface area contributed by atoms with Crippen molar-refractivity contribution in [3.05, 3.63) is 21.9 Å². The molecule has 1 aliphatic heterocycles. The van der Waals surface area contributed by atoms with E-state index in [0.717, 1.165) is 18.4 Å². The zero-order valence-corrected chi connectivity index (χ0v) is 12.8.